The standard InChI is InChI=1S/C16H26N2O4/c1-21-10-5-13(19)17-8-6-16(7-9-17)14(22-2)15(20)18(16)11-12-3-4-12/h12,14H,3-11H2,1-2H3. The fourth-order valence-corrected chi connectivity index (χ4v) is 3.84. The molecule has 3 rings (SSSR count). The van der Waals surface area contributed by atoms with E-state index in [0.717, 1.165) is 19.4 Å². The zero-order chi connectivity index (χ0) is 15.7. The second-order valence-electron chi connectivity index (χ2n) is 6.74. The summed E-state index contributed by atoms with van der Waals surface area (Å²) in [5, 5.41) is 0. The van der Waals surface area contributed by atoms with Gasteiger partial charge in [-0.25, -0.2) is 0 Å². The molecular weight excluding hydrogens is 284 g/mol. The second kappa shape index (κ2) is 6.16. The number of nitrogens with zero attached hydrogens (tertiary/aromatic N) is 2. The van der Waals surface area contributed by atoms with Crippen molar-refractivity contribution >= 4 is 11.8 Å². The Morgan fingerprint density at radius 1 is 1.27 bits per heavy atom. The monoisotopic (exact) mass is 310 g/mol. The Kier molecular flexibility index (Phi) is 4.41. The van der Waals surface area contributed by atoms with E-state index in [0.29, 0.717) is 32.0 Å². The number of hydrogen-bond acceptors (Lipinski definition) is 4. The Morgan fingerprint density at radius 2 is 1.95 bits per heavy atom. The van der Waals surface area contributed by atoms with E-state index < -0.39 is 0 Å². The van der Waals surface area contributed by atoms with Crippen molar-refractivity contribution in [3.63, 3.8) is 0 Å². The van der Waals surface area contributed by atoms with Gasteiger partial charge in [0.1, 0.15) is 0 Å². The van der Waals surface area contributed by atoms with Gasteiger partial charge in [0.25, 0.3) is 5.91 Å². The first kappa shape index (κ1) is 15.7. The molecule has 0 N–H and O–H groups in total. The molecule has 22 heavy (non-hydrogen) atoms. The van der Waals surface area contributed by atoms with Gasteiger partial charge in [0.15, 0.2) is 6.10 Å². The van der Waals surface area contributed by atoms with E-state index in [1.807, 2.05) is 9.80 Å². The molecule has 1 spiro atoms. The average Bonchev–Trinajstić information content (AvgIpc) is 3.35. The molecule has 0 aromatic carbocycles. The van der Waals surface area contributed by atoms with Crippen molar-refractivity contribution < 1.29 is 19.1 Å². The number of likely N-dealkylation sites (tertiary alicyclic amines) is 2. The minimum absolute atomic E-state index is 0.133. The summed E-state index contributed by atoms with van der Waals surface area (Å²) in [4.78, 5) is 28.3. The number of piperidine rings is 1. The molecule has 1 aliphatic carbocycles. The molecule has 0 aromatic rings. The van der Waals surface area contributed by atoms with Crippen LogP contribution in [0.1, 0.15) is 32.1 Å². The van der Waals surface area contributed by atoms with E-state index in [4.69, 9.17) is 9.47 Å². The van der Waals surface area contributed by atoms with Crippen molar-refractivity contribution in [2.75, 3.05) is 40.5 Å². The smallest absolute Gasteiger partial charge is 0.254 e. The Labute approximate surface area is 131 Å². The van der Waals surface area contributed by atoms with Gasteiger partial charge < -0.3 is 19.3 Å². The summed E-state index contributed by atoms with van der Waals surface area (Å²) in [6, 6.07) is 0. The third-order valence-corrected chi connectivity index (χ3v) is 5.39. The first-order valence-corrected chi connectivity index (χ1v) is 8.23. The molecule has 1 unspecified atom stereocenters. The number of β-lactam (4-membered cyclic amide) rings is 1. The number of methoxy groups -OCH3 is 2. The molecule has 2 amide bonds. The molecule has 0 radical (unpaired) electrons. The zero-order valence-electron chi connectivity index (χ0n) is 13.5. The fourth-order valence-electron chi connectivity index (χ4n) is 3.84. The molecule has 1 atom stereocenters. The summed E-state index contributed by atoms with van der Waals surface area (Å²) in [6.07, 6.45) is 4.23. The van der Waals surface area contributed by atoms with Crippen LogP contribution in [0.2, 0.25) is 0 Å². The van der Waals surface area contributed by atoms with E-state index in [9.17, 15) is 9.59 Å². The van der Waals surface area contributed by atoms with Crippen LogP contribution in [-0.4, -0.2) is 73.7 Å². The quantitative estimate of drug-likeness (QED) is 0.676. The molecule has 2 heterocycles. The molecule has 6 nitrogen and oxygen atoms in total. The lowest BCUT2D eigenvalue weighted by molar-refractivity contribution is -0.199. The topological polar surface area (TPSA) is 59.1 Å². The van der Waals surface area contributed by atoms with Crippen molar-refractivity contribution in [2.45, 2.75) is 43.7 Å². The molecule has 1 saturated carbocycles. The number of rotatable bonds is 6. The number of hydrogen-bond donors (Lipinski definition) is 0. The van der Waals surface area contributed by atoms with E-state index in [2.05, 4.69) is 0 Å². The summed E-state index contributed by atoms with van der Waals surface area (Å²) in [5.74, 6) is 0.957. The van der Waals surface area contributed by atoms with Crippen molar-refractivity contribution in [1.29, 1.82) is 0 Å². The maximum atomic E-state index is 12.3. The van der Waals surface area contributed by atoms with Crippen molar-refractivity contribution in [3.05, 3.63) is 0 Å². The predicted octanol–water partition coefficient (Wildman–Crippen LogP) is 0.651. The molecule has 3 aliphatic rings. The highest BCUT2D eigenvalue weighted by Gasteiger charge is 2.61. The summed E-state index contributed by atoms with van der Waals surface area (Å²) in [6.45, 7) is 2.75. The van der Waals surface area contributed by atoms with Gasteiger partial charge in [0.2, 0.25) is 5.91 Å². The third-order valence-electron chi connectivity index (χ3n) is 5.39. The van der Waals surface area contributed by atoms with Crippen LogP contribution in [0.4, 0.5) is 0 Å². The van der Waals surface area contributed by atoms with Crippen LogP contribution in [0, 0.1) is 5.92 Å². The highest BCUT2D eigenvalue weighted by Crippen LogP contribution is 2.45. The second-order valence-corrected chi connectivity index (χ2v) is 6.74. The van der Waals surface area contributed by atoms with Gasteiger partial charge in [-0.3, -0.25) is 9.59 Å². The van der Waals surface area contributed by atoms with Gasteiger partial charge in [0, 0.05) is 33.9 Å². The summed E-state index contributed by atoms with van der Waals surface area (Å²) in [7, 11) is 3.23. The maximum Gasteiger partial charge on any atom is 0.254 e. The lowest BCUT2D eigenvalue weighted by atomic mass is 9.72. The Balaban J connectivity index is 1.61. The predicted molar refractivity (Wildman–Crippen MR) is 80.3 cm³/mol. The molecule has 3 fully saturated rings. The van der Waals surface area contributed by atoms with Gasteiger partial charge in [-0.2, -0.15) is 0 Å². The highest BCUT2D eigenvalue weighted by atomic mass is 16.5. The third kappa shape index (κ3) is 2.63. The molecule has 0 bridgehead atoms. The van der Waals surface area contributed by atoms with Crippen LogP contribution >= 0.6 is 0 Å². The largest absolute Gasteiger partial charge is 0.384 e. The van der Waals surface area contributed by atoms with Crippen molar-refractivity contribution in [2.24, 2.45) is 5.92 Å². The normalized spacial score (nSPS) is 27.2. The lowest BCUT2D eigenvalue weighted by Gasteiger charge is -2.59. The van der Waals surface area contributed by atoms with Gasteiger partial charge in [0.05, 0.1) is 18.6 Å². The van der Waals surface area contributed by atoms with E-state index in [-0.39, 0.29) is 23.5 Å². The lowest BCUT2D eigenvalue weighted by Crippen LogP contribution is -2.77. The Bertz CT molecular complexity index is 441. The SMILES string of the molecule is COCCC(=O)N1CCC2(CC1)C(OC)C(=O)N2CC1CC1. The summed E-state index contributed by atoms with van der Waals surface area (Å²) >= 11 is 0. The van der Waals surface area contributed by atoms with Crippen molar-refractivity contribution in [3.8, 4) is 0 Å². The van der Waals surface area contributed by atoms with Gasteiger partial charge >= 0.3 is 0 Å². The first-order valence-electron chi connectivity index (χ1n) is 8.23. The Morgan fingerprint density at radius 3 is 2.50 bits per heavy atom. The minimum atomic E-state index is -0.317. The number of ether oxygens (including phenoxy) is 2. The van der Waals surface area contributed by atoms with Crippen LogP contribution in [0.25, 0.3) is 0 Å². The number of carbonyl (C=O) groups is 2. The number of amides is 2. The molecular formula is C16H26N2O4. The van der Waals surface area contributed by atoms with E-state index in [1.54, 1.807) is 14.2 Å². The minimum Gasteiger partial charge on any atom is -0.384 e. The highest BCUT2D eigenvalue weighted by molar-refractivity contribution is 5.90. The van der Waals surface area contributed by atoms with E-state index >= 15 is 0 Å². The molecule has 2 aliphatic heterocycles. The van der Waals surface area contributed by atoms with Gasteiger partial charge in [-0.15, -0.1) is 0 Å². The van der Waals surface area contributed by atoms with Crippen LogP contribution < -0.4 is 0 Å². The fraction of sp³-hybridized carbons (Fsp3) is 0.875. The molecule has 0 aromatic heterocycles. The molecule has 124 valence electrons. The number of carbonyl (C=O) groups excluding carboxylic acids is 2. The van der Waals surface area contributed by atoms with Crippen LogP contribution in [-0.2, 0) is 19.1 Å². The Hall–Kier alpha value is -1.14. The van der Waals surface area contributed by atoms with Gasteiger partial charge in [-0.1, -0.05) is 0 Å². The molecule has 2 saturated heterocycles. The average molecular weight is 310 g/mol. The summed E-state index contributed by atoms with van der Waals surface area (Å²) < 4.78 is 10.4. The van der Waals surface area contributed by atoms with Crippen LogP contribution in [0.5, 0.6) is 0 Å². The van der Waals surface area contributed by atoms with E-state index in [1.165, 1.54) is 12.8 Å². The summed E-state index contributed by atoms with van der Waals surface area (Å²) in [5.41, 5.74) is -0.174. The maximum absolute atomic E-state index is 12.3. The van der Waals surface area contributed by atoms with Crippen LogP contribution in [0.15, 0.2) is 0 Å². The van der Waals surface area contributed by atoms with Crippen LogP contribution in [0.3, 0.4) is 0 Å². The van der Waals surface area contributed by atoms with Gasteiger partial charge in [-0.05, 0) is 31.6 Å². The van der Waals surface area contributed by atoms with Crippen molar-refractivity contribution in [1.82, 2.24) is 9.80 Å². The molecule has 6 heteroatoms. The zero-order valence-corrected chi connectivity index (χ0v) is 13.5. The first-order chi connectivity index (χ1) is 10.6.